The number of hydrogen-bond acceptors (Lipinski definition) is 3. The van der Waals surface area contributed by atoms with E-state index in [0.717, 1.165) is 12.3 Å². The molecule has 5 aliphatic carbocycles. The van der Waals surface area contributed by atoms with Crippen LogP contribution in [0.5, 0.6) is 0 Å². The van der Waals surface area contributed by atoms with E-state index in [1.807, 2.05) is 7.11 Å². The molecule has 4 fully saturated rings. The lowest BCUT2D eigenvalue weighted by molar-refractivity contribution is -0.124. The second-order valence-electron chi connectivity index (χ2n) is 11.7. The van der Waals surface area contributed by atoms with Crippen LogP contribution in [0.3, 0.4) is 0 Å². The van der Waals surface area contributed by atoms with Crippen molar-refractivity contribution in [1.29, 1.82) is 0 Å². The summed E-state index contributed by atoms with van der Waals surface area (Å²) in [6, 6.07) is 0. The van der Waals surface area contributed by atoms with Crippen molar-refractivity contribution in [3.8, 4) is 0 Å². The van der Waals surface area contributed by atoms with Gasteiger partial charge in [0.05, 0.1) is 12.2 Å². The van der Waals surface area contributed by atoms with E-state index in [0.29, 0.717) is 48.0 Å². The average Bonchev–Trinajstić information content (AvgIpc) is 2.72. The van der Waals surface area contributed by atoms with Gasteiger partial charge >= 0.3 is 0 Å². The van der Waals surface area contributed by atoms with Crippen LogP contribution in [0.4, 0.5) is 0 Å². The molecule has 0 radical (unpaired) electrons. The van der Waals surface area contributed by atoms with Crippen molar-refractivity contribution >= 4 is 0 Å². The van der Waals surface area contributed by atoms with Gasteiger partial charge in [-0.1, -0.05) is 38.3 Å². The van der Waals surface area contributed by atoms with Crippen molar-refractivity contribution in [2.75, 3.05) is 13.7 Å². The van der Waals surface area contributed by atoms with Gasteiger partial charge in [0.1, 0.15) is 0 Å². The lowest BCUT2D eigenvalue weighted by Gasteiger charge is -2.62. The summed E-state index contributed by atoms with van der Waals surface area (Å²) in [5.41, 5.74) is 1.79. The molecule has 4 unspecified atom stereocenters. The first-order chi connectivity index (χ1) is 14.0. The van der Waals surface area contributed by atoms with E-state index in [9.17, 15) is 10.2 Å². The maximum absolute atomic E-state index is 11.2. The SMILES string of the molecule is CO[C@@H]1C=C2[C@@H]3C[C@H](C)CCC3C(O)C[C@@]2(C)C2CC[C@@H]3C(CCC[C@H]3CO)[C@H]21. The minimum atomic E-state index is -0.135. The van der Waals surface area contributed by atoms with Crippen LogP contribution in [0.1, 0.15) is 71.6 Å². The van der Waals surface area contributed by atoms with Crippen molar-refractivity contribution in [2.24, 2.45) is 52.8 Å². The van der Waals surface area contributed by atoms with Crippen molar-refractivity contribution in [1.82, 2.24) is 0 Å². The van der Waals surface area contributed by atoms with E-state index < -0.39 is 0 Å². The van der Waals surface area contributed by atoms with Gasteiger partial charge in [0.15, 0.2) is 0 Å². The number of hydrogen-bond donors (Lipinski definition) is 2. The molecule has 0 aromatic heterocycles. The monoisotopic (exact) mass is 402 g/mol. The van der Waals surface area contributed by atoms with Crippen molar-refractivity contribution in [3.05, 3.63) is 11.6 Å². The highest BCUT2D eigenvalue weighted by molar-refractivity contribution is 5.31. The van der Waals surface area contributed by atoms with Gasteiger partial charge in [0, 0.05) is 13.7 Å². The highest BCUT2D eigenvalue weighted by atomic mass is 16.5. The Morgan fingerprint density at radius 2 is 1.86 bits per heavy atom. The molecule has 0 bridgehead atoms. The number of aliphatic hydroxyl groups excluding tert-OH is 2. The van der Waals surface area contributed by atoms with Crippen LogP contribution in [0.25, 0.3) is 0 Å². The third kappa shape index (κ3) is 3.09. The summed E-state index contributed by atoms with van der Waals surface area (Å²) >= 11 is 0. The van der Waals surface area contributed by atoms with Gasteiger partial charge in [-0.25, -0.2) is 0 Å². The number of rotatable bonds is 2. The molecule has 3 nitrogen and oxygen atoms in total. The fraction of sp³-hybridized carbons (Fsp3) is 0.923. The Hall–Kier alpha value is -0.380. The third-order valence-electron chi connectivity index (χ3n) is 10.4. The largest absolute Gasteiger partial charge is 0.396 e. The molecule has 3 heteroatoms. The topological polar surface area (TPSA) is 49.7 Å². The van der Waals surface area contributed by atoms with Gasteiger partial charge in [-0.3, -0.25) is 0 Å². The predicted molar refractivity (Wildman–Crippen MR) is 115 cm³/mol. The molecule has 0 amide bonds. The Morgan fingerprint density at radius 1 is 1.07 bits per heavy atom. The molecule has 0 saturated heterocycles. The first kappa shape index (κ1) is 20.5. The zero-order chi connectivity index (χ0) is 20.3. The predicted octanol–water partition coefficient (Wildman–Crippen LogP) is 4.82. The zero-order valence-electron chi connectivity index (χ0n) is 18.7. The quantitative estimate of drug-likeness (QED) is 0.651. The lowest BCUT2D eigenvalue weighted by Crippen LogP contribution is -2.58. The summed E-state index contributed by atoms with van der Waals surface area (Å²) in [6.45, 7) is 5.25. The normalized spacial score (nSPS) is 54.4. The van der Waals surface area contributed by atoms with E-state index in [1.54, 1.807) is 5.57 Å². The Bertz CT molecular complexity index is 644. The molecule has 4 saturated carbocycles. The highest BCUT2D eigenvalue weighted by Gasteiger charge is 2.59. The molecule has 0 aromatic carbocycles. The van der Waals surface area contributed by atoms with E-state index >= 15 is 0 Å². The Morgan fingerprint density at radius 3 is 2.62 bits per heavy atom. The minimum absolute atomic E-state index is 0.133. The maximum Gasteiger partial charge on any atom is 0.0788 e. The first-order valence-electron chi connectivity index (χ1n) is 12.5. The number of fused-ring (bicyclic) bond motifs is 7. The van der Waals surface area contributed by atoms with Gasteiger partial charge < -0.3 is 14.9 Å². The second kappa shape index (κ2) is 7.64. The number of allylic oxidation sites excluding steroid dienone is 1. The van der Waals surface area contributed by atoms with Crippen LogP contribution in [0.15, 0.2) is 11.6 Å². The molecule has 29 heavy (non-hydrogen) atoms. The zero-order valence-corrected chi connectivity index (χ0v) is 18.7. The molecule has 5 rings (SSSR count). The van der Waals surface area contributed by atoms with Crippen LogP contribution < -0.4 is 0 Å². The van der Waals surface area contributed by atoms with Crippen LogP contribution in [0.2, 0.25) is 0 Å². The fourth-order valence-corrected chi connectivity index (χ4v) is 9.17. The van der Waals surface area contributed by atoms with E-state index in [4.69, 9.17) is 4.74 Å². The summed E-state index contributed by atoms with van der Waals surface area (Å²) in [5, 5.41) is 21.2. The maximum atomic E-state index is 11.2. The molecular weight excluding hydrogens is 360 g/mol. The molecule has 2 N–H and O–H groups in total. The standard InChI is InChI=1S/C26H42O3/c1-15-7-8-18-20(11-15)22-12-24(29-3)25-19-6-4-5-16(14-27)17(19)9-10-21(25)26(22,2)13-23(18)28/h12,15-21,23-25,27-28H,4-11,13-14H2,1-3H3/t15-,16+,17+,18?,19?,20-,21?,23?,24-,25-,26+/m1/s1. The molecule has 0 spiro atoms. The van der Waals surface area contributed by atoms with Crippen molar-refractivity contribution < 1.29 is 14.9 Å². The van der Waals surface area contributed by atoms with E-state index in [2.05, 4.69) is 19.9 Å². The van der Waals surface area contributed by atoms with Crippen LogP contribution in [-0.4, -0.2) is 36.1 Å². The number of aliphatic hydroxyl groups is 2. The van der Waals surface area contributed by atoms with Crippen molar-refractivity contribution in [2.45, 2.75) is 83.8 Å². The van der Waals surface area contributed by atoms with Crippen LogP contribution >= 0.6 is 0 Å². The Balaban J connectivity index is 1.54. The molecule has 11 atom stereocenters. The summed E-state index contributed by atoms with van der Waals surface area (Å²) < 4.78 is 6.20. The summed E-state index contributed by atoms with van der Waals surface area (Å²) in [7, 11) is 1.91. The average molecular weight is 403 g/mol. The van der Waals surface area contributed by atoms with Gasteiger partial charge in [0.25, 0.3) is 0 Å². The van der Waals surface area contributed by atoms with Gasteiger partial charge in [-0.2, -0.15) is 0 Å². The molecule has 5 aliphatic rings. The smallest absolute Gasteiger partial charge is 0.0788 e. The first-order valence-corrected chi connectivity index (χ1v) is 12.5. The Kier molecular flexibility index (Phi) is 5.40. The van der Waals surface area contributed by atoms with Crippen LogP contribution in [-0.2, 0) is 4.74 Å². The third-order valence-corrected chi connectivity index (χ3v) is 10.4. The van der Waals surface area contributed by atoms with E-state index in [1.165, 1.54) is 51.4 Å². The van der Waals surface area contributed by atoms with Gasteiger partial charge in [-0.15, -0.1) is 0 Å². The van der Waals surface area contributed by atoms with E-state index in [-0.39, 0.29) is 17.6 Å². The summed E-state index contributed by atoms with van der Waals surface area (Å²) in [5.74, 6) is 4.81. The number of methoxy groups -OCH3 is 1. The minimum Gasteiger partial charge on any atom is -0.396 e. The van der Waals surface area contributed by atoms with Gasteiger partial charge in [0.2, 0.25) is 0 Å². The lowest BCUT2D eigenvalue weighted by atomic mass is 9.44. The molecule has 0 aliphatic heterocycles. The Labute approximate surface area is 177 Å². The number of ether oxygens (including phenoxy) is 1. The van der Waals surface area contributed by atoms with Crippen LogP contribution in [0, 0.1) is 52.8 Å². The highest BCUT2D eigenvalue weighted by Crippen LogP contribution is 2.64. The van der Waals surface area contributed by atoms with Crippen molar-refractivity contribution in [3.63, 3.8) is 0 Å². The van der Waals surface area contributed by atoms with Gasteiger partial charge in [-0.05, 0) is 97.7 Å². The second-order valence-corrected chi connectivity index (χ2v) is 11.7. The molecular formula is C26H42O3. The molecule has 0 aromatic rings. The fourth-order valence-electron chi connectivity index (χ4n) is 9.17. The molecule has 0 heterocycles. The summed E-state index contributed by atoms with van der Waals surface area (Å²) in [6.07, 6.45) is 13.6. The summed E-state index contributed by atoms with van der Waals surface area (Å²) in [4.78, 5) is 0. The molecule has 164 valence electrons.